The molecule has 0 aromatic heterocycles. The highest BCUT2D eigenvalue weighted by Gasteiger charge is 2.30. The molecule has 0 bridgehead atoms. The van der Waals surface area contributed by atoms with Crippen LogP contribution in [0.25, 0.3) is 0 Å². The van der Waals surface area contributed by atoms with Gasteiger partial charge in [-0.1, -0.05) is 32.0 Å². The predicted molar refractivity (Wildman–Crippen MR) is 94.3 cm³/mol. The zero-order chi connectivity index (χ0) is 17.3. The molecular formula is C17H19N3O3S. The molecular weight excluding hydrogens is 326 g/mol. The number of anilines is 1. The van der Waals surface area contributed by atoms with E-state index in [-0.39, 0.29) is 29.0 Å². The average Bonchev–Trinajstić information content (AvgIpc) is 2.53. The molecule has 1 aromatic carbocycles. The Morgan fingerprint density at radius 2 is 2.04 bits per heavy atom. The number of nitrogens with zero attached hydrogens (tertiary/aromatic N) is 2. The van der Waals surface area contributed by atoms with E-state index in [0.717, 1.165) is 11.3 Å². The molecule has 0 radical (unpaired) electrons. The van der Waals surface area contributed by atoms with E-state index in [1.807, 2.05) is 38.1 Å². The fraction of sp³-hybridized carbons (Fsp3) is 0.294. The van der Waals surface area contributed by atoms with Crippen molar-refractivity contribution in [1.82, 2.24) is 4.90 Å². The smallest absolute Gasteiger partial charge is 0.259 e. The highest BCUT2D eigenvalue weighted by Crippen LogP contribution is 2.25. The van der Waals surface area contributed by atoms with Crippen molar-refractivity contribution in [3.8, 4) is 0 Å². The highest BCUT2D eigenvalue weighted by molar-refractivity contribution is 7.90. The standard InChI is InChI=1S/C17H19N3O3S/c1-12(2)13-6-3-4-8-15(13)18-17(21)14-7-5-9-20-10-11-24(22,23)19-16(14)20/h3-9,12H,10-11H2,1-2H3,(H,18,21). The summed E-state index contributed by atoms with van der Waals surface area (Å²) >= 11 is 0. The Balaban J connectivity index is 1.92. The molecule has 1 aromatic rings. The first kappa shape index (κ1) is 16.4. The third-order valence-electron chi connectivity index (χ3n) is 3.93. The highest BCUT2D eigenvalue weighted by atomic mass is 32.2. The minimum atomic E-state index is -3.52. The number of allylic oxidation sites excluding steroid dienone is 2. The fourth-order valence-corrected chi connectivity index (χ4v) is 3.68. The average molecular weight is 345 g/mol. The first-order valence-corrected chi connectivity index (χ1v) is 9.37. The van der Waals surface area contributed by atoms with E-state index in [2.05, 4.69) is 9.71 Å². The van der Waals surface area contributed by atoms with E-state index in [9.17, 15) is 13.2 Å². The van der Waals surface area contributed by atoms with Gasteiger partial charge >= 0.3 is 0 Å². The van der Waals surface area contributed by atoms with Gasteiger partial charge in [-0.15, -0.1) is 4.40 Å². The van der Waals surface area contributed by atoms with Gasteiger partial charge in [0.1, 0.15) is 0 Å². The maximum Gasteiger partial charge on any atom is 0.259 e. The summed E-state index contributed by atoms with van der Waals surface area (Å²) in [6.45, 7) is 4.39. The summed E-state index contributed by atoms with van der Waals surface area (Å²) < 4.78 is 27.3. The Labute approximate surface area is 141 Å². The number of carbonyl (C=O) groups excluding carboxylic acids is 1. The molecule has 0 fully saturated rings. The summed E-state index contributed by atoms with van der Waals surface area (Å²) in [6.07, 6.45) is 5.04. The minimum absolute atomic E-state index is 0.0497. The van der Waals surface area contributed by atoms with Gasteiger partial charge in [0.15, 0.2) is 5.84 Å². The molecule has 0 atom stereocenters. The molecule has 1 N–H and O–H groups in total. The lowest BCUT2D eigenvalue weighted by Crippen LogP contribution is -2.40. The van der Waals surface area contributed by atoms with Crippen LogP contribution in [0.2, 0.25) is 0 Å². The summed E-state index contributed by atoms with van der Waals surface area (Å²) in [6, 6.07) is 7.58. The number of amidine groups is 1. The van der Waals surface area contributed by atoms with Crippen molar-refractivity contribution in [2.45, 2.75) is 19.8 Å². The molecule has 0 spiro atoms. The van der Waals surface area contributed by atoms with Crippen LogP contribution in [-0.4, -0.2) is 37.4 Å². The number of benzene rings is 1. The number of sulfonamides is 1. The Bertz CT molecular complexity index is 867. The molecule has 0 saturated carbocycles. The lowest BCUT2D eigenvalue weighted by atomic mass is 10.0. The van der Waals surface area contributed by atoms with Crippen molar-refractivity contribution >= 4 is 27.5 Å². The van der Waals surface area contributed by atoms with Gasteiger partial charge in [-0.25, -0.2) is 8.42 Å². The molecule has 7 heteroatoms. The maximum atomic E-state index is 12.7. The topological polar surface area (TPSA) is 78.8 Å². The van der Waals surface area contributed by atoms with Gasteiger partial charge < -0.3 is 10.2 Å². The van der Waals surface area contributed by atoms with Crippen LogP contribution in [0.3, 0.4) is 0 Å². The summed E-state index contributed by atoms with van der Waals surface area (Å²) in [7, 11) is -3.52. The van der Waals surface area contributed by atoms with Crippen LogP contribution in [0.1, 0.15) is 25.3 Å². The van der Waals surface area contributed by atoms with E-state index < -0.39 is 10.0 Å². The number of fused-ring (bicyclic) bond motifs is 1. The van der Waals surface area contributed by atoms with Crippen LogP contribution in [0, 0.1) is 0 Å². The zero-order valence-electron chi connectivity index (χ0n) is 13.6. The van der Waals surface area contributed by atoms with Crippen LogP contribution in [0.4, 0.5) is 5.69 Å². The van der Waals surface area contributed by atoms with Crippen LogP contribution in [0.5, 0.6) is 0 Å². The minimum Gasteiger partial charge on any atom is -0.331 e. The summed E-state index contributed by atoms with van der Waals surface area (Å²) in [4.78, 5) is 14.4. The molecule has 3 rings (SSSR count). The summed E-state index contributed by atoms with van der Waals surface area (Å²) in [5.74, 6) is 0.0218. The SMILES string of the molecule is CC(C)c1ccccc1NC(=O)C1=CC=CN2CCS(=O)(=O)N=C12. The number of hydrogen-bond acceptors (Lipinski definition) is 4. The summed E-state index contributed by atoms with van der Waals surface area (Å²) in [5.41, 5.74) is 1.99. The third-order valence-corrected chi connectivity index (χ3v) is 5.08. The number of rotatable bonds is 3. The van der Waals surface area contributed by atoms with Gasteiger partial charge in [0.25, 0.3) is 15.9 Å². The van der Waals surface area contributed by atoms with Crippen molar-refractivity contribution in [2.24, 2.45) is 4.40 Å². The zero-order valence-corrected chi connectivity index (χ0v) is 14.4. The van der Waals surface area contributed by atoms with Crippen molar-refractivity contribution in [1.29, 1.82) is 0 Å². The van der Waals surface area contributed by atoms with Crippen LogP contribution in [0.15, 0.2) is 52.6 Å². The normalized spacial score (nSPS) is 18.7. The third kappa shape index (κ3) is 3.26. The number of para-hydroxylation sites is 1. The molecule has 0 saturated heterocycles. The van der Waals surface area contributed by atoms with Crippen molar-refractivity contribution in [3.63, 3.8) is 0 Å². The number of nitrogens with one attached hydrogen (secondary N) is 1. The van der Waals surface area contributed by atoms with Gasteiger partial charge in [0.05, 0.1) is 11.3 Å². The van der Waals surface area contributed by atoms with Gasteiger partial charge in [-0.2, -0.15) is 0 Å². The van der Waals surface area contributed by atoms with Gasteiger partial charge in [-0.05, 0) is 29.7 Å². The molecule has 2 aliphatic heterocycles. The first-order chi connectivity index (χ1) is 11.4. The first-order valence-electron chi connectivity index (χ1n) is 7.76. The molecule has 1 amide bonds. The second kappa shape index (κ2) is 6.24. The Morgan fingerprint density at radius 3 is 2.79 bits per heavy atom. The maximum absolute atomic E-state index is 12.7. The summed E-state index contributed by atoms with van der Waals surface area (Å²) in [5, 5.41) is 2.88. The number of amides is 1. The lowest BCUT2D eigenvalue weighted by Gasteiger charge is -2.28. The van der Waals surface area contributed by atoms with Crippen LogP contribution < -0.4 is 5.32 Å². The van der Waals surface area contributed by atoms with E-state index in [0.29, 0.717) is 6.54 Å². The molecule has 126 valence electrons. The molecule has 0 aliphatic carbocycles. The lowest BCUT2D eigenvalue weighted by molar-refractivity contribution is -0.112. The molecule has 6 nitrogen and oxygen atoms in total. The van der Waals surface area contributed by atoms with Crippen molar-refractivity contribution in [2.75, 3.05) is 17.6 Å². The second-order valence-corrected chi connectivity index (χ2v) is 7.77. The van der Waals surface area contributed by atoms with E-state index in [1.54, 1.807) is 23.3 Å². The fourth-order valence-electron chi connectivity index (χ4n) is 2.70. The largest absolute Gasteiger partial charge is 0.331 e. The number of hydrogen-bond donors (Lipinski definition) is 1. The van der Waals surface area contributed by atoms with Crippen LogP contribution >= 0.6 is 0 Å². The van der Waals surface area contributed by atoms with Gasteiger partial charge in [0.2, 0.25) is 0 Å². The van der Waals surface area contributed by atoms with Gasteiger partial charge in [0, 0.05) is 18.4 Å². The molecule has 24 heavy (non-hydrogen) atoms. The van der Waals surface area contributed by atoms with Gasteiger partial charge in [-0.3, -0.25) is 4.79 Å². The van der Waals surface area contributed by atoms with E-state index in [1.165, 1.54) is 0 Å². The van der Waals surface area contributed by atoms with Crippen molar-refractivity contribution < 1.29 is 13.2 Å². The Kier molecular flexibility index (Phi) is 4.28. The molecule has 2 heterocycles. The predicted octanol–water partition coefficient (Wildman–Crippen LogP) is 2.25. The van der Waals surface area contributed by atoms with Crippen LogP contribution in [-0.2, 0) is 14.8 Å². The Hall–Kier alpha value is -2.41. The van der Waals surface area contributed by atoms with E-state index in [4.69, 9.17) is 0 Å². The monoisotopic (exact) mass is 345 g/mol. The molecule has 2 aliphatic rings. The van der Waals surface area contributed by atoms with Crippen molar-refractivity contribution in [3.05, 3.63) is 53.8 Å². The number of carbonyl (C=O) groups is 1. The quantitative estimate of drug-likeness (QED) is 0.911. The Morgan fingerprint density at radius 1 is 1.29 bits per heavy atom. The van der Waals surface area contributed by atoms with E-state index >= 15 is 0 Å². The second-order valence-electron chi connectivity index (χ2n) is 6.01. The molecule has 0 unspecified atom stereocenters.